The van der Waals surface area contributed by atoms with Crippen LogP contribution in [0, 0.1) is 0 Å². The number of carboxylic acids is 1. The second-order valence-corrected chi connectivity index (χ2v) is 3.25. The van der Waals surface area contributed by atoms with Gasteiger partial charge in [-0.25, -0.2) is 0 Å². The number of aliphatic carboxylic acids is 1. The fraction of sp³-hybridized carbons (Fsp3) is 0.273. The average molecular weight is 245 g/mol. The maximum Gasteiger partial charge on any atom is 1.00 e. The van der Waals surface area contributed by atoms with E-state index >= 15 is 0 Å². The molecule has 1 aromatic rings. The summed E-state index contributed by atoms with van der Waals surface area (Å²) in [5, 5.41) is 10.3. The van der Waals surface area contributed by atoms with Gasteiger partial charge in [-0.3, -0.25) is 4.79 Å². The molecule has 0 heterocycles. The smallest absolute Gasteiger partial charge is 0.548 e. The fourth-order valence-electron chi connectivity index (χ4n) is 1.06. The Balaban J connectivity index is 0.00000256. The van der Waals surface area contributed by atoms with Crippen LogP contribution in [0.2, 0.25) is 0 Å². The third kappa shape index (κ3) is 6.43. The van der Waals surface area contributed by atoms with Crippen LogP contribution in [0.25, 0.3) is 0 Å². The Morgan fingerprint density at radius 1 is 1.29 bits per heavy atom. The molecule has 86 valence electrons. The van der Waals surface area contributed by atoms with Crippen molar-refractivity contribution in [1.82, 2.24) is 0 Å². The summed E-state index contributed by atoms with van der Waals surface area (Å²) < 4.78 is 4.94. The number of para-hydroxylation sites is 1. The zero-order chi connectivity index (χ0) is 12.0. The Labute approximate surface area is 121 Å². The van der Waals surface area contributed by atoms with Crippen molar-refractivity contribution in [2.24, 2.45) is 5.73 Å². The molecule has 0 spiro atoms. The first-order valence-electron chi connectivity index (χ1n) is 4.82. The number of esters is 1. The van der Waals surface area contributed by atoms with Crippen molar-refractivity contribution in [2.45, 2.75) is 18.9 Å². The first-order chi connectivity index (χ1) is 7.59. The summed E-state index contributed by atoms with van der Waals surface area (Å²) >= 11 is 0. The van der Waals surface area contributed by atoms with Gasteiger partial charge in [-0.05, 0) is 18.6 Å². The number of hydrogen-bond acceptors (Lipinski definition) is 5. The van der Waals surface area contributed by atoms with Crippen molar-refractivity contribution in [3.8, 4) is 5.75 Å². The van der Waals surface area contributed by atoms with Crippen molar-refractivity contribution in [2.75, 3.05) is 0 Å². The number of hydrogen-bond donors (Lipinski definition) is 1. The molecule has 0 unspecified atom stereocenters. The van der Waals surface area contributed by atoms with Crippen LogP contribution in [0.1, 0.15) is 12.8 Å². The van der Waals surface area contributed by atoms with Gasteiger partial charge in [0.1, 0.15) is 5.75 Å². The summed E-state index contributed by atoms with van der Waals surface area (Å²) in [6, 6.07) is 7.39. The largest absolute Gasteiger partial charge is 1.00 e. The molecule has 0 radical (unpaired) electrons. The predicted octanol–water partition coefficient (Wildman–Crippen LogP) is -3.55. The van der Waals surface area contributed by atoms with E-state index in [2.05, 4.69) is 0 Å². The van der Waals surface area contributed by atoms with Crippen LogP contribution >= 0.6 is 0 Å². The molecule has 0 aliphatic carbocycles. The van der Waals surface area contributed by atoms with Gasteiger partial charge in [0.2, 0.25) is 0 Å². The van der Waals surface area contributed by atoms with Crippen molar-refractivity contribution in [3.63, 3.8) is 0 Å². The molecule has 0 aliphatic rings. The Morgan fingerprint density at radius 2 is 1.88 bits per heavy atom. The molecule has 0 aromatic heterocycles. The van der Waals surface area contributed by atoms with Crippen molar-refractivity contribution in [3.05, 3.63) is 30.3 Å². The minimum absolute atomic E-state index is 0. The Hall–Kier alpha value is -0.880. The van der Waals surface area contributed by atoms with E-state index in [9.17, 15) is 14.7 Å². The number of ether oxygens (including phenoxy) is 1. The van der Waals surface area contributed by atoms with E-state index in [-0.39, 0.29) is 42.4 Å². The average Bonchev–Trinajstić information content (AvgIpc) is 2.27. The van der Waals surface area contributed by atoms with Gasteiger partial charge in [0.25, 0.3) is 0 Å². The molecule has 0 amide bonds. The van der Waals surface area contributed by atoms with Gasteiger partial charge in [-0.15, -0.1) is 0 Å². The number of carboxylic acid groups (broad SMARTS) is 1. The molecule has 1 aromatic carbocycles. The standard InChI is InChI=1S/C11H13NO4.Na/c12-9(11(14)15)6-7-10(13)16-8-4-2-1-3-5-8;/h1-5,9H,6-7,12H2,(H,14,15);/q;+1/p-1/t9-;/m0./s1. The summed E-state index contributed by atoms with van der Waals surface area (Å²) in [5.74, 6) is -1.45. The van der Waals surface area contributed by atoms with Gasteiger partial charge in [0.15, 0.2) is 0 Å². The van der Waals surface area contributed by atoms with E-state index < -0.39 is 18.0 Å². The predicted molar refractivity (Wildman–Crippen MR) is 54.3 cm³/mol. The molecule has 0 bridgehead atoms. The summed E-state index contributed by atoms with van der Waals surface area (Å²) in [5.41, 5.74) is 5.19. The maximum atomic E-state index is 11.2. The van der Waals surface area contributed by atoms with Crippen LogP contribution in [0.5, 0.6) is 5.75 Å². The van der Waals surface area contributed by atoms with Gasteiger partial charge < -0.3 is 20.4 Å². The molecule has 0 saturated carbocycles. The Morgan fingerprint density at radius 3 is 2.41 bits per heavy atom. The topological polar surface area (TPSA) is 92.5 Å². The number of rotatable bonds is 5. The number of carbonyl (C=O) groups excluding carboxylic acids is 2. The molecule has 0 fully saturated rings. The van der Waals surface area contributed by atoms with Crippen LogP contribution in [0.3, 0.4) is 0 Å². The van der Waals surface area contributed by atoms with Crippen LogP contribution in [0.4, 0.5) is 0 Å². The van der Waals surface area contributed by atoms with Gasteiger partial charge in [-0.1, -0.05) is 18.2 Å². The molecular weight excluding hydrogens is 233 g/mol. The number of carbonyl (C=O) groups is 2. The third-order valence-corrected chi connectivity index (χ3v) is 1.94. The third-order valence-electron chi connectivity index (χ3n) is 1.94. The number of nitrogens with two attached hydrogens (primary N) is 1. The molecule has 6 heteroatoms. The van der Waals surface area contributed by atoms with E-state index in [1.54, 1.807) is 30.3 Å². The SMILES string of the molecule is N[C@@H](CCC(=O)Oc1ccccc1)C(=O)[O-].[Na+]. The summed E-state index contributed by atoms with van der Waals surface area (Å²) in [6.45, 7) is 0. The minimum atomic E-state index is -1.37. The molecule has 0 aliphatic heterocycles. The molecule has 1 atom stereocenters. The van der Waals surface area contributed by atoms with E-state index in [1.165, 1.54) is 0 Å². The fourth-order valence-corrected chi connectivity index (χ4v) is 1.06. The second-order valence-electron chi connectivity index (χ2n) is 3.25. The van der Waals surface area contributed by atoms with Gasteiger partial charge in [0, 0.05) is 12.5 Å². The van der Waals surface area contributed by atoms with Crippen LogP contribution < -0.4 is 45.1 Å². The van der Waals surface area contributed by atoms with Gasteiger partial charge in [0.05, 0.1) is 5.97 Å². The van der Waals surface area contributed by atoms with E-state index in [0.717, 1.165) is 0 Å². The monoisotopic (exact) mass is 245 g/mol. The van der Waals surface area contributed by atoms with E-state index in [4.69, 9.17) is 10.5 Å². The van der Waals surface area contributed by atoms with Gasteiger partial charge >= 0.3 is 35.5 Å². The summed E-state index contributed by atoms with van der Waals surface area (Å²) in [4.78, 5) is 21.5. The first-order valence-corrected chi connectivity index (χ1v) is 4.82. The summed E-state index contributed by atoms with van der Waals surface area (Å²) in [7, 11) is 0. The molecule has 0 saturated heterocycles. The Bertz CT molecular complexity index is 369. The van der Waals surface area contributed by atoms with Crippen LogP contribution in [-0.2, 0) is 9.59 Å². The number of benzene rings is 1. The van der Waals surface area contributed by atoms with E-state index in [1.807, 2.05) is 0 Å². The molecule has 5 nitrogen and oxygen atoms in total. The Kier molecular flexibility index (Phi) is 7.82. The zero-order valence-electron chi connectivity index (χ0n) is 9.59. The molecular formula is C11H12NNaO4. The van der Waals surface area contributed by atoms with Crippen molar-refractivity contribution >= 4 is 11.9 Å². The van der Waals surface area contributed by atoms with Crippen LogP contribution in [0.15, 0.2) is 30.3 Å². The van der Waals surface area contributed by atoms with Crippen LogP contribution in [-0.4, -0.2) is 18.0 Å². The molecule has 17 heavy (non-hydrogen) atoms. The van der Waals surface area contributed by atoms with Gasteiger partial charge in [-0.2, -0.15) is 0 Å². The zero-order valence-corrected chi connectivity index (χ0v) is 11.6. The summed E-state index contributed by atoms with van der Waals surface area (Å²) in [6.07, 6.45) is -0.0436. The first kappa shape index (κ1) is 16.1. The molecule has 2 N–H and O–H groups in total. The molecule has 1 rings (SSSR count). The van der Waals surface area contributed by atoms with Crippen molar-refractivity contribution < 1.29 is 49.0 Å². The normalized spacial score (nSPS) is 11.1. The van der Waals surface area contributed by atoms with Crippen molar-refractivity contribution in [1.29, 1.82) is 0 Å². The minimum Gasteiger partial charge on any atom is -0.548 e. The second kappa shape index (κ2) is 8.25. The quantitative estimate of drug-likeness (QED) is 0.329. The van der Waals surface area contributed by atoms with E-state index in [0.29, 0.717) is 5.75 Å². The maximum absolute atomic E-state index is 11.2.